The molecule has 1 heterocycles. The van der Waals surface area contributed by atoms with Gasteiger partial charge < -0.3 is 0 Å². The molecule has 1 amide bonds. The summed E-state index contributed by atoms with van der Waals surface area (Å²) >= 11 is 1.51. The molecule has 0 saturated carbocycles. The monoisotopic (exact) mass is 316 g/mol. The van der Waals surface area contributed by atoms with Crippen LogP contribution in [0.1, 0.15) is 45.1 Å². The third-order valence-electron chi connectivity index (χ3n) is 3.48. The summed E-state index contributed by atoms with van der Waals surface area (Å²) in [5.41, 5.74) is 1.06. The smallest absolute Gasteiger partial charge is 0.266 e. The summed E-state index contributed by atoms with van der Waals surface area (Å²) in [5, 5.41) is 0.870. The molecule has 4 heteroatoms. The molecule has 0 unspecified atom stereocenters. The number of thioether (sulfide) groups is 1. The lowest BCUT2D eigenvalue weighted by molar-refractivity contribution is -0.122. The molecule has 0 bridgehead atoms. The number of benzene rings is 1. The molecule has 0 aliphatic carbocycles. The van der Waals surface area contributed by atoms with Crippen LogP contribution in [0.25, 0.3) is 6.08 Å². The number of carbonyl (C=O) groups is 1. The summed E-state index contributed by atoms with van der Waals surface area (Å²) in [6, 6.07) is 9.99. The number of nitrogens with zero attached hydrogens (tertiary/aromatic N) is 2. The van der Waals surface area contributed by atoms with E-state index in [0.29, 0.717) is 0 Å². The van der Waals surface area contributed by atoms with Crippen molar-refractivity contribution in [3.05, 3.63) is 40.8 Å². The van der Waals surface area contributed by atoms with Crippen LogP contribution in [0, 0.1) is 0 Å². The van der Waals surface area contributed by atoms with Crippen LogP contribution >= 0.6 is 11.8 Å². The summed E-state index contributed by atoms with van der Waals surface area (Å²) in [5.74, 6) is 0.0950. The molecule has 1 aliphatic rings. The van der Waals surface area contributed by atoms with Gasteiger partial charge in [-0.2, -0.15) is 0 Å². The van der Waals surface area contributed by atoms with Crippen LogP contribution in [0.3, 0.4) is 0 Å². The average molecular weight is 316 g/mol. The Morgan fingerprint density at radius 2 is 1.86 bits per heavy atom. The quantitative estimate of drug-likeness (QED) is 0.546. The van der Waals surface area contributed by atoms with Crippen LogP contribution in [0.5, 0.6) is 0 Å². The van der Waals surface area contributed by atoms with Crippen LogP contribution in [-0.4, -0.2) is 29.1 Å². The van der Waals surface area contributed by atoms with Crippen molar-refractivity contribution in [2.75, 3.05) is 13.1 Å². The lowest BCUT2D eigenvalue weighted by Gasteiger charge is -2.14. The Morgan fingerprint density at radius 3 is 2.55 bits per heavy atom. The first kappa shape index (κ1) is 16.8. The Bertz CT molecular complexity index is 551. The van der Waals surface area contributed by atoms with Crippen molar-refractivity contribution in [1.82, 2.24) is 4.90 Å². The third kappa shape index (κ3) is 4.47. The van der Waals surface area contributed by atoms with Gasteiger partial charge in [0.25, 0.3) is 5.91 Å². The summed E-state index contributed by atoms with van der Waals surface area (Å²) in [4.78, 5) is 19.9. The fourth-order valence-corrected chi connectivity index (χ4v) is 3.20. The molecule has 0 atom stereocenters. The van der Waals surface area contributed by atoms with Crippen molar-refractivity contribution in [1.29, 1.82) is 0 Å². The van der Waals surface area contributed by atoms with Gasteiger partial charge in [0.15, 0.2) is 5.17 Å². The average Bonchev–Trinajstić information content (AvgIpc) is 2.82. The lowest BCUT2D eigenvalue weighted by atomic mass is 10.2. The summed E-state index contributed by atoms with van der Waals surface area (Å²) < 4.78 is 0. The Balaban J connectivity index is 2.18. The number of amides is 1. The second kappa shape index (κ2) is 8.79. The molecule has 0 radical (unpaired) electrons. The largest absolute Gasteiger partial charge is 0.287 e. The van der Waals surface area contributed by atoms with Crippen LogP contribution in [-0.2, 0) is 4.79 Å². The van der Waals surface area contributed by atoms with E-state index in [4.69, 9.17) is 0 Å². The van der Waals surface area contributed by atoms with Crippen LogP contribution in [0.2, 0.25) is 0 Å². The molecule has 0 aromatic heterocycles. The molecule has 2 rings (SSSR count). The summed E-state index contributed by atoms with van der Waals surface area (Å²) in [7, 11) is 0. The number of unbranched alkanes of at least 4 members (excludes halogenated alkanes) is 2. The maximum Gasteiger partial charge on any atom is 0.266 e. The Morgan fingerprint density at radius 1 is 1.14 bits per heavy atom. The first-order valence-corrected chi connectivity index (χ1v) is 8.88. The van der Waals surface area contributed by atoms with E-state index in [0.717, 1.165) is 54.4 Å². The normalized spacial score (nSPS) is 18.6. The highest BCUT2D eigenvalue weighted by Crippen LogP contribution is 2.32. The minimum atomic E-state index is 0.0950. The Hall–Kier alpha value is -1.55. The van der Waals surface area contributed by atoms with Gasteiger partial charge in [-0.15, -0.1) is 0 Å². The zero-order valence-corrected chi connectivity index (χ0v) is 14.2. The van der Waals surface area contributed by atoms with E-state index < -0.39 is 0 Å². The molecular formula is C18H24N2OS. The Labute approximate surface area is 137 Å². The van der Waals surface area contributed by atoms with Crippen molar-refractivity contribution in [3.63, 3.8) is 0 Å². The van der Waals surface area contributed by atoms with Gasteiger partial charge in [-0.25, -0.2) is 0 Å². The second-order valence-electron chi connectivity index (χ2n) is 5.35. The molecular weight excluding hydrogens is 292 g/mol. The van der Waals surface area contributed by atoms with Gasteiger partial charge in [-0.05, 0) is 36.2 Å². The second-order valence-corrected chi connectivity index (χ2v) is 6.36. The molecule has 1 aromatic rings. The first-order chi connectivity index (χ1) is 10.8. The van der Waals surface area contributed by atoms with E-state index in [1.807, 2.05) is 41.3 Å². The molecule has 0 N–H and O–H groups in total. The number of amidine groups is 1. The van der Waals surface area contributed by atoms with Gasteiger partial charge in [0.2, 0.25) is 0 Å². The van der Waals surface area contributed by atoms with Gasteiger partial charge in [0, 0.05) is 13.1 Å². The molecule has 1 aliphatic heterocycles. The van der Waals surface area contributed by atoms with E-state index in [2.05, 4.69) is 18.8 Å². The molecule has 1 saturated heterocycles. The molecule has 1 fully saturated rings. The number of aliphatic imine (C=N–C) groups is 1. The van der Waals surface area contributed by atoms with Crippen LogP contribution < -0.4 is 0 Å². The van der Waals surface area contributed by atoms with Crippen molar-refractivity contribution in [3.8, 4) is 0 Å². The van der Waals surface area contributed by atoms with Crippen LogP contribution in [0.15, 0.2) is 40.2 Å². The number of hydrogen-bond donors (Lipinski definition) is 0. The fraction of sp³-hybridized carbons (Fsp3) is 0.444. The van der Waals surface area contributed by atoms with Crippen molar-refractivity contribution < 1.29 is 4.79 Å². The fourth-order valence-electron chi connectivity index (χ4n) is 2.17. The summed E-state index contributed by atoms with van der Waals surface area (Å²) in [6.07, 6.45) is 6.25. The third-order valence-corrected chi connectivity index (χ3v) is 4.52. The predicted molar refractivity (Wildman–Crippen MR) is 95.8 cm³/mol. The highest BCUT2D eigenvalue weighted by atomic mass is 32.2. The van der Waals surface area contributed by atoms with Crippen molar-refractivity contribution >= 4 is 28.9 Å². The highest BCUT2D eigenvalue weighted by Gasteiger charge is 2.32. The number of carbonyl (C=O) groups excluding carboxylic acids is 1. The lowest BCUT2D eigenvalue weighted by Crippen LogP contribution is -2.30. The number of rotatable bonds is 7. The maximum atomic E-state index is 12.6. The van der Waals surface area contributed by atoms with Gasteiger partial charge in [0.1, 0.15) is 0 Å². The SMILES string of the molecule is CCCCN=C1S/C(=C\c2ccccc2)C(=O)N1CCCC. The predicted octanol–water partition coefficient (Wildman–Crippen LogP) is 4.56. The minimum Gasteiger partial charge on any atom is -0.287 e. The molecule has 1 aromatic carbocycles. The molecule has 0 spiro atoms. The van der Waals surface area contributed by atoms with E-state index in [9.17, 15) is 4.79 Å². The zero-order chi connectivity index (χ0) is 15.8. The van der Waals surface area contributed by atoms with Crippen LogP contribution in [0.4, 0.5) is 0 Å². The summed E-state index contributed by atoms with van der Waals surface area (Å²) in [6.45, 7) is 5.86. The van der Waals surface area contributed by atoms with Gasteiger partial charge in [0.05, 0.1) is 4.91 Å². The standard InChI is InChI=1S/C18H24N2OS/c1-3-5-12-19-18-20(13-6-4-2)17(21)16(22-18)14-15-10-8-7-9-11-15/h7-11,14H,3-6,12-13H2,1-2H3/b16-14-,19-18?. The molecule has 3 nitrogen and oxygen atoms in total. The maximum absolute atomic E-state index is 12.6. The number of hydrogen-bond acceptors (Lipinski definition) is 3. The highest BCUT2D eigenvalue weighted by molar-refractivity contribution is 8.18. The van der Waals surface area contributed by atoms with Gasteiger partial charge >= 0.3 is 0 Å². The zero-order valence-electron chi connectivity index (χ0n) is 13.4. The van der Waals surface area contributed by atoms with E-state index in [-0.39, 0.29) is 5.91 Å². The van der Waals surface area contributed by atoms with E-state index >= 15 is 0 Å². The van der Waals surface area contributed by atoms with Crippen molar-refractivity contribution in [2.45, 2.75) is 39.5 Å². The minimum absolute atomic E-state index is 0.0950. The first-order valence-electron chi connectivity index (χ1n) is 8.07. The van der Waals surface area contributed by atoms with Crippen molar-refractivity contribution in [2.24, 2.45) is 4.99 Å². The molecule has 118 valence electrons. The van der Waals surface area contributed by atoms with E-state index in [1.54, 1.807) is 0 Å². The Kier molecular flexibility index (Phi) is 6.72. The van der Waals surface area contributed by atoms with E-state index in [1.165, 1.54) is 11.8 Å². The van der Waals surface area contributed by atoms with Gasteiger partial charge in [-0.1, -0.05) is 57.0 Å². The molecule has 22 heavy (non-hydrogen) atoms. The van der Waals surface area contributed by atoms with Gasteiger partial charge in [-0.3, -0.25) is 14.7 Å². The topological polar surface area (TPSA) is 32.7 Å².